The first-order valence-corrected chi connectivity index (χ1v) is 8.03. The van der Waals surface area contributed by atoms with Crippen LogP contribution in [0.3, 0.4) is 0 Å². The van der Waals surface area contributed by atoms with Gasteiger partial charge < -0.3 is 10.6 Å². The summed E-state index contributed by atoms with van der Waals surface area (Å²) in [5.41, 5.74) is 2.55. The van der Waals surface area contributed by atoms with Crippen LogP contribution < -0.4 is 10.6 Å². The molecule has 1 aromatic carbocycles. The number of aryl methyl sites for hydroxylation is 1. The maximum Gasteiger partial charge on any atom is 0.221 e. The van der Waals surface area contributed by atoms with Gasteiger partial charge in [0.25, 0.3) is 0 Å². The number of carbonyl (C=O) groups is 1. The van der Waals surface area contributed by atoms with Crippen LogP contribution >= 0.6 is 24.2 Å². The number of nitrogens with one attached hydrogen (secondary N) is 2. The summed E-state index contributed by atoms with van der Waals surface area (Å²) in [7, 11) is 0. The Morgan fingerprint density at radius 1 is 1.40 bits per heavy atom. The molecule has 1 fully saturated rings. The van der Waals surface area contributed by atoms with Crippen molar-refractivity contribution < 1.29 is 4.79 Å². The van der Waals surface area contributed by atoms with Crippen LogP contribution in [0.1, 0.15) is 17.5 Å². The number of rotatable bonds is 5. The summed E-state index contributed by atoms with van der Waals surface area (Å²) in [6.45, 7) is 3.83. The third-order valence-electron chi connectivity index (χ3n) is 3.29. The fourth-order valence-corrected chi connectivity index (χ4v) is 3.10. The minimum atomic E-state index is 0. The molecule has 0 aromatic heterocycles. The van der Waals surface area contributed by atoms with Gasteiger partial charge in [-0.1, -0.05) is 29.8 Å². The molecule has 0 saturated carbocycles. The Bertz CT molecular complexity index is 405. The lowest BCUT2D eigenvalue weighted by Crippen LogP contribution is -2.41. The Morgan fingerprint density at radius 2 is 2.15 bits per heavy atom. The predicted molar refractivity (Wildman–Crippen MR) is 88.9 cm³/mol. The molecule has 2 N–H and O–H groups in total. The number of carbonyl (C=O) groups excluding carboxylic acids is 1. The molecule has 5 heteroatoms. The molecular weight excluding hydrogens is 292 g/mol. The average molecular weight is 315 g/mol. The second kappa shape index (κ2) is 9.27. The van der Waals surface area contributed by atoms with Crippen molar-refractivity contribution >= 4 is 30.1 Å². The highest BCUT2D eigenvalue weighted by Crippen LogP contribution is 2.10. The van der Waals surface area contributed by atoms with Crippen LogP contribution in [0.15, 0.2) is 24.3 Å². The number of benzene rings is 1. The van der Waals surface area contributed by atoms with E-state index in [9.17, 15) is 4.79 Å². The molecule has 20 heavy (non-hydrogen) atoms. The second-order valence-electron chi connectivity index (χ2n) is 5.02. The van der Waals surface area contributed by atoms with E-state index < -0.39 is 0 Å². The smallest absolute Gasteiger partial charge is 0.221 e. The van der Waals surface area contributed by atoms with E-state index in [1.165, 1.54) is 11.1 Å². The standard InChI is InChI=1S/C15H22N2OS.ClH/c1-12-2-4-13(5-3-12)6-7-17-15(18)10-14-11-19-9-8-16-14;/h2-5,14,16H,6-11H2,1H3,(H,17,18);1H. The summed E-state index contributed by atoms with van der Waals surface area (Å²) in [4.78, 5) is 11.8. The van der Waals surface area contributed by atoms with E-state index in [2.05, 4.69) is 41.8 Å². The molecule has 0 bridgehead atoms. The van der Waals surface area contributed by atoms with Crippen LogP contribution in [0.2, 0.25) is 0 Å². The van der Waals surface area contributed by atoms with E-state index in [4.69, 9.17) is 0 Å². The molecule has 1 aromatic rings. The Morgan fingerprint density at radius 3 is 2.80 bits per heavy atom. The molecule has 112 valence electrons. The molecule has 3 nitrogen and oxygen atoms in total. The van der Waals surface area contributed by atoms with Gasteiger partial charge in [-0.15, -0.1) is 12.4 Å². The zero-order valence-electron chi connectivity index (χ0n) is 11.9. The van der Waals surface area contributed by atoms with Crippen LogP contribution in [0.25, 0.3) is 0 Å². The molecule has 1 heterocycles. The first kappa shape index (κ1) is 17.3. The molecule has 1 aliphatic heterocycles. The van der Waals surface area contributed by atoms with Gasteiger partial charge in [0, 0.05) is 37.1 Å². The van der Waals surface area contributed by atoms with Crippen molar-refractivity contribution in [3.05, 3.63) is 35.4 Å². The third kappa shape index (κ3) is 6.16. The van der Waals surface area contributed by atoms with Crippen molar-refractivity contribution in [1.29, 1.82) is 0 Å². The van der Waals surface area contributed by atoms with Crippen LogP contribution in [0, 0.1) is 6.92 Å². The molecule has 0 radical (unpaired) electrons. The maximum atomic E-state index is 11.8. The van der Waals surface area contributed by atoms with E-state index >= 15 is 0 Å². The number of thioether (sulfide) groups is 1. The van der Waals surface area contributed by atoms with Crippen LogP contribution in [0.4, 0.5) is 0 Å². The summed E-state index contributed by atoms with van der Waals surface area (Å²) >= 11 is 1.92. The molecule has 1 unspecified atom stereocenters. The molecule has 0 spiro atoms. The van der Waals surface area contributed by atoms with E-state index in [1.807, 2.05) is 11.8 Å². The quantitative estimate of drug-likeness (QED) is 0.875. The van der Waals surface area contributed by atoms with Gasteiger partial charge in [0.2, 0.25) is 5.91 Å². The molecule has 1 atom stereocenters. The average Bonchev–Trinajstić information content (AvgIpc) is 2.42. The monoisotopic (exact) mass is 314 g/mol. The molecule has 1 saturated heterocycles. The second-order valence-corrected chi connectivity index (χ2v) is 6.17. The fraction of sp³-hybridized carbons (Fsp3) is 0.533. The fourth-order valence-electron chi connectivity index (χ4n) is 2.15. The zero-order valence-corrected chi connectivity index (χ0v) is 13.5. The third-order valence-corrected chi connectivity index (χ3v) is 4.42. The molecule has 1 aliphatic rings. The van der Waals surface area contributed by atoms with Gasteiger partial charge in [-0.25, -0.2) is 0 Å². The first-order valence-electron chi connectivity index (χ1n) is 6.87. The number of hydrogen-bond acceptors (Lipinski definition) is 3. The summed E-state index contributed by atoms with van der Waals surface area (Å²) in [6.07, 6.45) is 1.50. The van der Waals surface area contributed by atoms with Crippen molar-refractivity contribution in [1.82, 2.24) is 10.6 Å². The van der Waals surface area contributed by atoms with Gasteiger partial charge in [0.05, 0.1) is 0 Å². The van der Waals surface area contributed by atoms with Gasteiger partial charge >= 0.3 is 0 Å². The van der Waals surface area contributed by atoms with Gasteiger partial charge in [-0.05, 0) is 18.9 Å². The van der Waals surface area contributed by atoms with E-state index in [0.717, 1.165) is 31.0 Å². The van der Waals surface area contributed by atoms with Crippen molar-refractivity contribution in [3.8, 4) is 0 Å². The Balaban J connectivity index is 0.00000200. The summed E-state index contributed by atoms with van der Waals surface area (Å²) < 4.78 is 0. The van der Waals surface area contributed by atoms with Crippen molar-refractivity contribution in [2.75, 3.05) is 24.6 Å². The van der Waals surface area contributed by atoms with Gasteiger partial charge in [0.15, 0.2) is 0 Å². The highest BCUT2D eigenvalue weighted by Gasteiger charge is 2.16. The minimum absolute atomic E-state index is 0. The largest absolute Gasteiger partial charge is 0.356 e. The lowest BCUT2D eigenvalue weighted by Gasteiger charge is -2.22. The summed E-state index contributed by atoms with van der Waals surface area (Å²) in [6, 6.07) is 8.82. The van der Waals surface area contributed by atoms with Crippen LogP contribution in [-0.2, 0) is 11.2 Å². The molecule has 1 amide bonds. The lowest BCUT2D eigenvalue weighted by atomic mass is 10.1. The highest BCUT2D eigenvalue weighted by atomic mass is 35.5. The van der Waals surface area contributed by atoms with Gasteiger partial charge in [-0.2, -0.15) is 11.8 Å². The van der Waals surface area contributed by atoms with Crippen LogP contribution in [0.5, 0.6) is 0 Å². The SMILES string of the molecule is Cc1ccc(CCNC(=O)CC2CSCCN2)cc1.Cl. The summed E-state index contributed by atoms with van der Waals surface area (Å²) in [5.74, 6) is 2.36. The first-order chi connectivity index (χ1) is 9.24. The Hall–Kier alpha value is -0.710. The molecule has 2 rings (SSSR count). The van der Waals surface area contributed by atoms with Gasteiger partial charge in [-0.3, -0.25) is 4.79 Å². The lowest BCUT2D eigenvalue weighted by molar-refractivity contribution is -0.121. The van der Waals surface area contributed by atoms with Crippen LogP contribution in [-0.4, -0.2) is 36.5 Å². The predicted octanol–water partition coefficient (Wildman–Crippen LogP) is 2.17. The zero-order chi connectivity index (χ0) is 13.5. The number of amides is 1. The Kier molecular flexibility index (Phi) is 8.04. The summed E-state index contributed by atoms with van der Waals surface area (Å²) in [5, 5.41) is 6.39. The number of hydrogen-bond donors (Lipinski definition) is 2. The van der Waals surface area contributed by atoms with Gasteiger partial charge in [0.1, 0.15) is 0 Å². The van der Waals surface area contributed by atoms with Crippen molar-refractivity contribution in [2.45, 2.75) is 25.8 Å². The minimum Gasteiger partial charge on any atom is -0.356 e. The highest BCUT2D eigenvalue weighted by molar-refractivity contribution is 7.99. The van der Waals surface area contributed by atoms with E-state index in [-0.39, 0.29) is 18.3 Å². The van der Waals surface area contributed by atoms with Crippen molar-refractivity contribution in [3.63, 3.8) is 0 Å². The molecule has 0 aliphatic carbocycles. The number of halogens is 1. The normalized spacial score (nSPS) is 18.1. The van der Waals surface area contributed by atoms with E-state index in [1.54, 1.807) is 0 Å². The maximum absolute atomic E-state index is 11.8. The molecular formula is C15H23ClN2OS. The van der Waals surface area contributed by atoms with E-state index in [0.29, 0.717) is 12.5 Å². The topological polar surface area (TPSA) is 41.1 Å². The van der Waals surface area contributed by atoms with Crippen molar-refractivity contribution in [2.24, 2.45) is 0 Å². The Labute approximate surface area is 131 Å².